The van der Waals surface area contributed by atoms with Gasteiger partial charge in [-0.2, -0.15) is 0 Å². The minimum atomic E-state index is -0.336. The highest BCUT2D eigenvalue weighted by Gasteiger charge is 2.16. The third kappa shape index (κ3) is 3.56. The second-order valence-electron chi connectivity index (χ2n) is 5.93. The molecule has 0 amide bonds. The first-order valence-electron chi connectivity index (χ1n) is 8.19. The molecule has 28 heavy (non-hydrogen) atoms. The average Bonchev–Trinajstić information content (AvgIpc) is 3.13. The number of thiophene rings is 1. The maximum Gasteiger partial charge on any atom is 0.173 e. The summed E-state index contributed by atoms with van der Waals surface area (Å²) >= 11 is 2.72. The van der Waals surface area contributed by atoms with Gasteiger partial charge >= 0.3 is 0 Å². The Balaban J connectivity index is 1.63. The maximum atomic E-state index is 13.2. The molecule has 0 aliphatic carbocycles. The number of hydrogen-bond donors (Lipinski definition) is 2. The molecule has 0 aliphatic rings. The van der Waals surface area contributed by atoms with Crippen LogP contribution in [-0.2, 0) is 0 Å². The summed E-state index contributed by atoms with van der Waals surface area (Å²) in [5.41, 5.74) is 2.04. The zero-order valence-corrected chi connectivity index (χ0v) is 15.9. The fourth-order valence-electron chi connectivity index (χ4n) is 2.71. The third-order valence-corrected chi connectivity index (χ3v) is 6.00. The predicted octanol–water partition coefficient (Wildman–Crippen LogP) is 4.88. The second-order valence-corrected chi connectivity index (χ2v) is 7.75. The number of Topliss-reactive ketones (excluding diaryl/α,β-unsaturated/α-hetero) is 1. The molecule has 0 aliphatic heterocycles. The van der Waals surface area contributed by atoms with E-state index in [-0.39, 0.29) is 28.9 Å². The topological polar surface area (TPSA) is 83.3 Å². The Hall–Kier alpha value is -2.97. The van der Waals surface area contributed by atoms with Crippen molar-refractivity contribution in [2.45, 2.75) is 5.03 Å². The lowest BCUT2D eigenvalue weighted by atomic mass is 10.1. The molecule has 0 spiro atoms. The van der Waals surface area contributed by atoms with Crippen molar-refractivity contribution in [1.82, 2.24) is 9.97 Å². The van der Waals surface area contributed by atoms with Crippen molar-refractivity contribution in [1.29, 1.82) is 0 Å². The summed E-state index contributed by atoms with van der Waals surface area (Å²) in [7, 11) is 0. The van der Waals surface area contributed by atoms with E-state index in [1.807, 2.05) is 5.38 Å². The molecular formula is C20H13FN2O3S2. The molecule has 2 heterocycles. The van der Waals surface area contributed by atoms with Crippen molar-refractivity contribution in [2.24, 2.45) is 0 Å². The average molecular weight is 412 g/mol. The number of ketones is 1. The van der Waals surface area contributed by atoms with Gasteiger partial charge in [-0.1, -0.05) is 23.9 Å². The van der Waals surface area contributed by atoms with Crippen LogP contribution in [0.15, 0.2) is 59.2 Å². The molecule has 5 nitrogen and oxygen atoms in total. The zero-order chi connectivity index (χ0) is 19.7. The molecule has 0 fully saturated rings. The van der Waals surface area contributed by atoms with Gasteiger partial charge in [0.1, 0.15) is 22.0 Å². The highest BCUT2D eigenvalue weighted by molar-refractivity contribution is 8.00. The monoisotopic (exact) mass is 412 g/mol. The Kier molecular flexibility index (Phi) is 4.97. The Morgan fingerprint density at radius 2 is 1.86 bits per heavy atom. The standard InChI is InChI=1S/C20H13FN2O3S2/c21-13-4-1-11(2-5-13)14-8-27-19-18(14)20(23-10-22-19)28-9-17(26)12-3-6-15(24)16(25)7-12/h1-8,10,24-25H,9H2. The smallest absolute Gasteiger partial charge is 0.173 e. The van der Waals surface area contributed by atoms with E-state index in [1.54, 1.807) is 12.1 Å². The normalized spacial score (nSPS) is 11.0. The van der Waals surface area contributed by atoms with Gasteiger partial charge in [-0.15, -0.1) is 11.3 Å². The maximum absolute atomic E-state index is 13.2. The van der Waals surface area contributed by atoms with Gasteiger partial charge in [-0.25, -0.2) is 14.4 Å². The molecule has 0 saturated heterocycles. The van der Waals surface area contributed by atoms with E-state index in [2.05, 4.69) is 9.97 Å². The van der Waals surface area contributed by atoms with E-state index in [4.69, 9.17) is 0 Å². The molecule has 0 saturated carbocycles. The number of aromatic nitrogens is 2. The van der Waals surface area contributed by atoms with Crippen molar-refractivity contribution < 1.29 is 19.4 Å². The SMILES string of the molecule is O=C(CSc1ncnc2scc(-c3ccc(F)cc3)c12)c1ccc(O)c(O)c1. The predicted molar refractivity (Wildman–Crippen MR) is 108 cm³/mol. The lowest BCUT2D eigenvalue weighted by Crippen LogP contribution is -2.02. The van der Waals surface area contributed by atoms with Crippen molar-refractivity contribution in [3.8, 4) is 22.6 Å². The number of fused-ring (bicyclic) bond motifs is 1. The van der Waals surface area contributed by atoms with Crippen LogP contribution < -0.4 is 0 Å². The van der Waals surface area contributed by atoms with Crippen LogP contribution in [0, 0.1) is 5.82 Å². The summed E-state index contributed by atoms with van der Waals surface area (Å²) in [6, 6.07) is 10.2. The van der Waals surface area contributed by atoms with Crippen LogP contribution in [0.4, 0.5) is 4.39 Å². The van der Waals surface area contributed by atoms with Gasteiger partial charge in [-0.3, -0.25) is 4.79 Å². The number of carbonyl (C=O) groups is 1. The lowest BCUT2D eigenvalue weighted by molar-refractivity contribution is 0.102. The van der Waals surface area contributed by atoms with Crippen LogP contribution >= 0.6 is 23.1 Å². The quantitative estimate of drug-likeness (QED) is 0.210. The summed E-state index contributed by atoms with van der Waals surface area (Å²) in [6.45, 7) is 0. The Morgan fingerprint density at radius 1 is 1.07 bits per heavy atom. The Morgan fingerprint density at radius 3 is 2.61 bits per heavy atom. The fourth-order valence-corrected chi connectivity index (χ4v) is 4.60. The molecule has 8 heteroatoms. The molecule has 4 aromatic rings. The third-order valence-electron chi connectivity index (χ3n) is 4.13. The highest BCUT2D eigenvalue weighted by atomic mass is 32.2. The molecule has 4 rings (SSSR count). The second kappa shape index (κ2) is 7.57. The minimum absolute atomic E-state index is 0.106. The number of thioether (sulfide) groups is 1. The highest BCUT2D eigenvalue weighted by Crippen LogP contribution is 2.38. The number of halogens is 1. The number of aromatic hydroxyl groups is 2. The van der Waals surface area contributed by atoms with Gasteiger partial charge in [0.2, 0.25) is 0 Å². The van der Waals surface area contributed by atoms with E-state index in [0.717, 1.165) is 21.3 Å². The summed E-state index contributed by atoms with van der Waals surface area (Å²) < 4.78 is 13.2. The largest absolute Gasteiger partial charge is 0.504 e. The van der Waals surface area contributed by atoms with Gasteiger partial charge < -0.3 is 10.2 Å². The number of carbonyl (C=O) groups excluding carboxylic acids is 1. The molecule has 0 bridgehead atoms. The Bertz CT molecular complexity index is 1180. The number of nitrogens with zero attached hydrogens (tertiary/aromatic N) is 2. The van der Waals surface area contributed by atoms with Crippen LogP contribution in [0.25, 0.3) is 21.3 Å². The minimum Gasteiger partial charge on any atom is -0.504 e. The van der Waals surface area contributed by atoms with Gasteiger partial charge in [0.15, 0.2) is 17.3 Å². The number of phenolic OH excluding ortho intramolecular Hbond substituents is 2. The van der Waals surface area contributed by atoms with E-state index < -0.39 is 0 Å². The van der Waals surface area contributed by atoms with Crippen LogP contribution in [0.3, 0.4) is 0 Å². The molecular weight excluding hydrogens is 399 g/mol. The summed E-state index contributed by atoms with van der Waals surface area (Å²) in [6.07, 6.45) is 1.45. The van der Waals surface area contributed by atoms with Crippen molar-refractivity contribution in [2.75, 3.05) is 5.75 Å². The number of phenols is 2. The molecule has 140 valence electrons. The summed E-state index contributed by atoms with van der Waals surface area (Å²) in [5, 5.41) is 22.4. The number of hydrogen-bond acceptors (Lipinski definition) is 7. The van der Waals surface area contributed by atoms with Crippen LogP contribution in [0.5, 0.6) is 11.5 Å². The molecule has 2 aromatic heterocycles. The number of benzene rings is 2. The molecule has 2 N–H and O–H groups in total. The first-order chi connectivity index (χ1) is 13.5. The van der Waals surface area contributed by atoms with E-state index >= 15 is 0 Å². The van der Waals surface area contributed by atoms with Gasteiger partial charge in [0.25, 0.3) is 0 Å². The summed E-state index contributed by atoms with van der Waals surface area (Å²) in [5.74, 6) is -1.02. The van der Waals surface area contributed by atoms with Crippen molar-refractivity contribution >= 4 is 39.1 Å². The molecule has 0 atom stereocenters. The van der Waals surface area contributed by atoms with E-state index in [0.29, 0.717) is 10.6 Å². The first kappa shape index (κ1) is 18.4. The van der Waals surface area contributed by atoms with Crippen molar-refractivity contribution in [3.63, 3.8) is 0 Å². The number of rotatable bonds is 5. The molecule has 2 aromatic carbocycles. The van der Waals surface area contributed by atoms with Gasteiger partial charge in [-0.05, 0) is 35.9 Å². The Labute approximate surface area is 167 Å². The molecule has 0 radical (unpaired) electrons. The first-order valence-corrected chi connectivity index (χ1v) is 10.1. The molecule has 0 unspecified atom stereocenters. The van der Waals surface area contributed by atoms with Gasteiger partial charge in [0.05, 0.1) is 11.1 Å². The van der Waals surface area contributed by atoms with Crippen molar-refractivity contribution in [3.05, 3.63) is 65.6 Å². The fraction of sp³-hybridized carbons (Fsp3) is 0.0500. The van der Waals surface area contributed by atoms with Crippen LogP contribution in [-0.4, -0.2) is 31.7 Å². The zero-order valence-electron chi connectivity index (χ0n) is 14.3. The van der Waals surface area contributed by atoms with E-state index in [9.17, 15) is 19.4 Å². The lowest BCUT2D eigenvalue weighted by Gasteiger charge is -2.06. The van der Waals surface area contributed by atoms with Crippen LogP contribution in [0.2, 0.25) is 0 Å². The van der Waals surface area contributed by atoms with Crippen LogP contribution in [0.1, 0.15) is 10.4 Å². The van der Waals surface area contributed by atoms with Gasteiger partial charge in [0, 0.05) is 16.5 Å². The summed E-state index contributed by atoms with van der Waals surface area (Å²) in [4.78, 5) is 21.8. The van der Waals surface area contributed by atoms with E-state index in [1.165, 1.54) is 59.8 Å².